The summed E-state index contributed by atoms with van der Waals surface area (Å²) in [6, 6.07) is 6.32. The fraction of sp³-hybridized carbons (Fsp3) is 0.700. The Morgan fingerprint density at radius 1 is 1.37 bits per heavy atom. The lowest BCUT2D eigenvalue weighted by Gasteiger charge is -2.63. The minimum atomic E-state index is 0. The summed E-state index contributed by atoms with van der Waals surface area (Å²) in [5.41, 5.74) is 0.376. The lowest BCUT2D eigenvalue weighted by Crippen LogP contribution is -2.72. The molecule has 4 aliphatic rings. The van der Waals surface area contributed by atoms with E-state index in [4.69, 9.17) is 9.47 Å². The van der Waals surface area contributed by atoms with Gasteiger partial charge in [-0.05, 0) is 25.3 Å². The van der Waals surface area contributed by atoms with Crippen LogP contribution >= 0.6 is 24.0 Å². The van der Waals surface area contributed by atoms with E-state index in [0.29, 0.717) is 29.4 Å². The summed E-state index contributed by atoms with van der Waals surface area (Å²) in [6.45, 7) is 2.76. The molecule has 1 aromatic rings. The molecule has 0 amide bonds. The first-order chi connectivity index (χ1) is 12.8. The minimum Gasteiger partial charge on any atom is -0.472 e. The quantitative estimate of drug-likeness (QED) is 0.406. The van der Waals surface area contributed by atoms with E-state index in [2.05, 4.69) is 20.2 Å². The molecule has 1 spiro atoms. The molecule has 4 fully saturated rings. The standard InChI is InChI=1S/C20H28N4O2.HI/c1-21-19(23-17-15-7-12-25-18(15)20(17)8-4-9-20)24-11-6-14(13-24)26-16-5-2-3-10-22-16;/h2-3,5,10,14-15,17-18H,4,6-9,11-13H2,1H3,(H,21,23);1H. The molecule has 2 aliphatic carbocycles. The molecule has 2 saturated carbocycles. The highest BCUT2D eigenvalue weighted by molar-refractivity contribution is 14.0. The summed E-state index contributed by atoms with van der Waals surface area (Å²) < 4.78 is 12.1. The molecule has 5 rings (SSSR count). The van der Waals surface area contributed by atoms with Gasteiger partial charge in [0.1, 0.15) is 6.10 Å². The third-order valence-electron chi connectivity index (χ3n) is 6.90. The van der Waals surface area contributed by atoms with Crippen LogP contribution in [0.25, 0.3) is 0 Å². The zero-order valence-electron chi connectivity index (χ0n) is 15.8. The van der Waals surface area contributed by atoms with Crippen LogP contribution in [0, 0.1) is 11.3 Å². The minimum absolute atomic E-state index is 0. The number of fused-ring (bicyclic) bond motifs is 2. The molecule has 27 heavy (non-hydrogen) atoms. The van der Waals surface area contributed by atoms with E-state index >= 15 is 0 Å². The van der Waals surface area contributed by atoms with Crippen molar-refractivity contribution in [3.05, 3.63) is 24.4 Å². The Hall–Kier alpha value is -1.09. The van der Waals surface area contributed by atoms with Crippen molar-refractivity contribution in [3.63, 3.8) is 0 Å². The van der Waals surface area contributed by atoms with Crippen LogP contribution in [0.1, 0.15) is 32.1 Å². The van der Waals surface area contributed by atoms with E-state index in [-0.39, 0.29) is 30.1 Å². The van der Waals surface area contributed by atoms with Gasteiger partial charge >= 0.3 is 0 Å². The second kappa shape index (κ2) is 7.73. The SMILES string of the molecule is CN=C(NC1C2CCOC2C12CCC2)N1CCC(Oc2ccccn2)C1.I. The van der Waals surface area contributed by atoms with Gasteiger partial charge in [0.25, 0.3) is 0 Å². The molecule has 0 bridgehead atoms. The Morgan fingerprint density at radius 2 is 2.26 bits per heavy atom. The van der Waals surface area contributed by atoms with Crippen LogP contribution in [-0.4, -0.2) is 60.8 Å². The van der Waals surface area contributed by atoms with E-state index in [9.17, 15) is 0 Å². The highest BCUT2D eigenvalue weighted by Crippen LogP contribution is 2.62. The molecule has 2 saturated heterocycles. The Bertz CT molecular complexity index is 682. The summed E-state index contributed by atoms with van der Waals surface area (Å²) >= 11 is 0. The van der Waals surface area contributed by atoms with Gasteiger partial charge in [0.15, 0.2) is 5.96 Å². The van der Waals surface area contributed by atoms with Gasteiger partial charge in [-0.15, -0.1) is 24.0 Å². The maximum atomic E-state index is 6.04. The summed E-state index contributed by atoms with van der Waals surface area (Å²) in [7, 11) is 1.89. The second-order valence-corrected chi connectivity index (χ2v) is 8.14. The number of guanidine groups is 1. The van der Waals surface area contributed by atoms with Crippen molar-refractivity contribution in [3.8, 4) is 5.88 Å². The first-order valence-electron chi connectivity index (χ1n) is 9.98. The molecule has 0 aromatic carbocycles. The number of nitrogens with one attached hydrogen (secondary N) is 1. The second-order valence-electron chi connectivity index (χ2n) is 8.14. The molecule has 6 nitrogen and oxygen atoms in total. The third-order valence-corrected chi connectivity index (χ3v) is 6.90. The summed E-state index contributed by atoms with van der Waals surface area (Å²) in [5.74, 6) is 2.40. The average Bonchev–Trinajstić information content (AvgIpc) is 3.24. The van der Waals surface area contributed by atoms with Gasteiger partial charge in [0.2, 0.25) is 5.88 Å². The zero-order valence-corrected chi connectivity index (χ0v) is 18.2. The maximum Gasteiger partial charge on any atom is 0.213 e. The van der Waals surface area contributed by atoms with Gasteiger partial charge in [-0.2, -0.15) is 0 Å². The molecular weight excluding hydrogens is 455 g/mol. The van der Waals surface area contributed by atoms with Crippen LogP contribution < -0.4 is 10.1 Å². The Labute approximate surface area is 178 Å². The number of ether oxygens (including phenoxy) is 2. The number of likely N-dealkylation sites (tertiary alicyclic amines) is 1. The molecule has 2 aliphatic heterocycles. The topological polar surface area (TPSA) is 59.0 Å². The van der Waals surface area contributed by atoms with E-state index in [1.165, 1.54) is 25.7 Å². The van der Waals surface area contributed by atoms with Gasteiger partial charge in [-0.1, -0.05) is 12.5 Å². The summed E-state index contributed by atoms with van der Waals surface area (Å²) in [4.78, 5) is 11.2. The number of aliphatic imine (C=N–C) groups is 1. The van der Waals surface area contributed by atoms with E-state index in [1.54, 1.807) is 6.20 Å². The lowest BCUT2D eigenvalue weighted by molar-refractivity contribution is -0.171. The summed E-state index contributed by atoms with van der Waals surface area (Å²) in [5, 5.41) is 3.82. The monoisotopic (exact) mass is 484 g/mol. The smallest absolute Gasteiger partial charge is 0.213 e. The fourth-order valence-electron chi connectivity index (χ4n) is 5.50. The van der Waals surface area contributed by atoms with Crippen molar-refractivity contribution in [1.82, 2.24) is 15.2 Å². The predicted molar refractivity (Wildman–Crippen MR) is 115 cm³/mol. The number of aromatic nitrogens is 1. The number of pyridine rings is 1. The Morgan fingerprint density at radius 3 is 2.96 bits per heavy atom. The number of hydrogen-bond acceptors (Lipinski definition) is 4. The van der Waals surface area contributed by atoms with E-state index in [0.717, 1.165) is 32.1 Å². The maximum absolute atomic E-state index is 6.04. The van der Waals surface area contributed by atoms with Gasteiger partial charge < -0.3 is 19.7 Å². The van der Waals surface area contributed by atoms with Crippen LogP contribution in [0.3, 0.4) is 0 Å². The van der Waals surface area contributed by atoms with Crippen molar-refractivity contribution in [2.45, 2.75) is 50.4 Å². The molecule has 7 heteroatoms. The van der Waals surface area contributed by atoms with Crippen LogP contribution in [-0.2, 0) is 4.74 Å². The number of rotatable bonds is 3. The van der Waals surface area contributed by atoms with Gasteiger partial charge in [0, 0.05) is 56.3 Å². The first-order valence-corrected chi connectivity index (χ1v) is 9.98. The highest BCUT2D eigenvalue weighted by Gasteiger charge is 2.66. The Balaban J connectivity index is 0.00000180. The third kappa shape index (κ3) is 3.20. The van der Waals surface area contributed by atoms with E-state index < -0.39 is 0 Å². The number of halogens is 1. The van der Waals surface area contributed by atoms with Crippen LogP contribution in [0.5, 0.6) is 5.88 Å². The van der Waals surface area contributed by atoms with Gasteiger partial charge in [-0.3, -0.25) is 4.99 Å². The van der Waals surface area contributed by atoms with Crippen LogP contribution in [0.15, 0.2) is 29.4 Å². The number of hydrogen-bond donors (Lipinski definition) is 1. The molecule has 3 heterocycles. The summed E-state index contributed by atoms with van der Waals surface area (Å²) in [6.07, 6.45) is 8.57. The van der Waals surface area contributed by atoms with Crippen LogP contribution in [0.2, 0.25) is 0 Å². The van der Waals surface area contributed by atoms with Crippen LogP contribution in [0.4, 0.5) is 0 Å². The van der Waals surface area contributed by atoms with Crippen molar-refractivity contribution >= 4 is 29.9 Å². The normalized spacial score (nSPS) is 33.7. The molecule has 4 atom stereocenters. The van der Waals surface area contributed by atoms with Crippen molar-refractivity contribution in [1.29, 1.82) is 0 Å². The molecule has 0 radical (unpaired) electrons. The molecule has 1 N–H and O–H groups in total. The van der Waals surface area contributed by atoms with Crippen molar-refractivity contribution in [2.75, 3.05) is 26.7 Å². The number of nitrogens with zero attached hydrogens (tertiary/aromatic N) is 3. The molecular formula is C20H29IN4O2. The molecule has 4 unspecified atom stereocenters. The highest BCUT2D eigenvalue weighted by atomic mass is 127. The predicted octanol–water partition coefficient (Wildman–Crippen LogP) is 2.69. The largest absolute Gasteiger partial charge is 0.472 e. The molecule has 1 aromatic heterocycles. The average molecular weight is 484 g/mol. The molecule has 148 valence electrons. The van der Waals surface area contributed by atoms with Crippen molar-refractivity contribution < 1.29 is 9.47 Å². The first kappa shape index (κ1) is 19.2. The lowest BCUT2D eigenvalue weighted by atomic mass is 9.46. The van der Waals surface area contributed by atoms with Crippen molar-refractivity contribution in [2.24, 2.45) is 16.3 Å². The zero-order chi connectivity index (χ0) is 17.6. The Kier molecular flexibility index (Phi) is 5.51. The fourth-order valence-corrected chi connectivity index (χ4v) is 5.50. The van der Waals surface area contributed by atoms with Gasteiger partial charge in [0.05, 0.1) is 12.6 Å². The van der Waals surface area contributed by atoms with Gasteiger partial charge in [-0.25, -0.2) is 4.98 Å². The van der Waals surface area contributed by atoms with E-state index in [1.807, 2.05) is 25.2 Å².